The SMILES string of the molecule is CCc1cccc(Oc2ccc(O)cc2)c1. The fourth-order valence-electron chi connectivity index (χ4n) is 1.48. The molecule has 0 spiro atoms. The lowest BCUT2D eigenvalue weighted by Gasteiger charge is -2.06. The maximum absolute atomic E-state index is 9.15. The lowest BCUT2D eigenvalue weighted by atomic mass is 10.2. The van der Waals surface area contributed by atoms with Gasteiger partial charge in [-0.05, 0) is 48.4 Å². The highest BCUT2D eigenvalue weighted by Gasteiger charge is 1.98. The Kier molecular flexibility index (Phi) is 3.10. The van der Waals surface area contributed by atoms with E-state index in [1.54, 1.807) is 24.3 Å². The van der Waals surface area contributed by atoms with Crippen molar-refractivity contribution in [1.29, 1.82) is 0 Å². The van der Waals surface area contributed by atoms with Crippen LogP contribution in [0.4, 0.5) is 0 Å². The van der Waals surface area contributed by atoms with Gasteiger partial charge in [-0.2, -0.15) is 0 Å². The Bertz CT molecular complexity index is 460. The highest BCUT2D eigenvalue weighted by Crippen LogP contribution is 2.24. The van der Waals surface area contributed by atoms with E-state index >= 15 is 0 Å². The average Bonchev–Trinajstić information content (AvgIpc) is 2.32. The molecule has 0 amide bonds. The van der Waals surface area contributed by atoms with Crippen LogP contribution in [0.1, 0.15) is 12.5 Å². The topological polar surface area (TPSA) is 29.5 Å². The van der Waals surface area contributed by atoms with Gasteiger partial charge in [-0.3, -0.25) is 0 Å². The van der Waals surface area contributed by atoms with Crippen LogP contribution in [0, 0.1) is 0 Å². The molecule has 16 heavy (non-hydrogen) atoms. The second-order valence-corrected chi connectivity index (χ2v) is 3.60. The zero-order valence-corrected chi connectivity index (χ0v) is 9.18. The molecule has 2 aromatic rings. The predicted octanol–water partition coefficient (Wildman–Crippen LogP) is 3.75. The van der Waals surface area contributed by atoms with Gasteiger partial charge >= 0.3 is 0 Å². The van der Waals surface area contributed by atoms with E-state index in [4.69, 9.17) is 9.84 Å². The summed E-state index contributed by atoms with van der Waals surface area (Å²) >= 11 is 0. The first kappa shape index (κ1) is 10.6. The second kappa shape index (κ2) is 4.71. The number of benzene rings is 2. The molecule has 0 fully saturated rings. The fourth-order valence-corrected chi connectivity index (χ4v) is 1.48. The molecule has 0 aliphatic heterocycles. The van der Waals surface area contributed by atoms with E-state index in [1.165, 1.54) is 5.56 Å². The number of phenolic OH excluding ortho intramolecular Hbond substituents is 1. The second-order valence-electron chi connectivity index (χ2n) is 3.60. The minimum Gasteiger partial charge on any atom is -0.508 e. The number of hydrogen-bond acceptors (Lipinski definition) is 2. The Balaban J connectivity index is 2.16. The molecule has 0 saturated heterocycles. The molecule has 0 radical (unpaired) electrons. The van der Waals surface area contributed by atoms with Crippen molar-refractivity contribution in [3.8, 4) is 17.2 Å². The monoisotopic (exact) mass is 214 g/mol. The molecule has 0 bridgehead atoms. The van der Waals surface area contributed by atoms with Crippen molar-refractivity contribution in [2.75, 3.05) is 0 Å². The van der Waals surface area contributed by atoms with Crippen molar-refractivity contribution < 1.29 is 9.84 Å². The van der Waals surface area contributed by atoms with Crippen molar-refractivity contribution in [3.05, 3.63) is 54.1 Å². The molecule has 2 rings (SSSR count). The molecule has 1 N–H and O–H groups in total. The Morgan fingerprint density at radius 1 is 1.00 bits per heavy atom. The van der Waals surface area contributed by atoms with Gasteiger partial charge in [0.25, 0.3) is 0 Å². The van der Waals surface area contributed by atoms with Crippen LogP contribution in [0.15, 0.2) is 48.5 Å². The zero-order chi connectivity index (χ0) is 11.4. The quantitative estimate of drug-likeness (QED) is 0.843. The number of hydrogen-bond donors (Lipinski definition) is 1. The van der Waals surface area contributed by atoms with Gasteiger partial charge in [-0.25, -0.2) is 0 Å². The van der Waals surface area contributed by atoms with E-state index < -0.39 is 0 Å². The van der Waals surface area contributed by atoms with E-state index in [1.807, 2.05) is 18.2 Å². The first-order valence-electron chi connectivity index (χ1n) is 5.34. The van der Waals surface area contributed by atoms with Gasteiger partial charge in [0.15, 0.2) is 0 Å². The molecule has 0 unspecified atom stereocenters. The van der Waals surface area contributed by atoms with E-state index in [0.717, 1.165) is 17.9 Å². The van der Waals surface area contributed by atoms with Gasteiger partial charge in [0.2, 0.25) is 0 Å². The summed E-state index contributed by atoms with van der Waals surface area (Å²) in [5.41, 5.74) is 1.25. The molecule has 2 nitrogen and oxygen atoms in total. The molecule has 0 heterocycles. The maximum Gasteiger partial charge on any atom is 0.127 e. The number of ether oxygens (including phenoxy) is 1. The van der Waals surface area contributed by atoms with Crippen LogP contribution in [0.25, 0.3) is 0 Å². The van der Waals surface area contributed by atoms with Crippen molar-refractivity contribution >= 4 is 0 Å². The Morgan fingerprint density at radius 3 is 2.44 bits per heavy atom. The molecule has 0 atom stereocenters. The first-order chi connectivity index (χ1) is 7.78. The lowest BCUT2D eigenvalue weighted by molar-refractivity contribution is 0.464. The summed E-state index contributed by atoms with van der Waals surface area (Å²) in [6, 6.07) is 14.7. The van der Waals surface area contributed by atoms with Crippen molar-refractivity contribution in [1.82, 2.24) is 0 Å². The average molecular weight is 214 g/mol. The predicted molar refractivity (Wildman–Crippen MR) is 64.0 cm³/mol. The number of rotatable bonds is 3. The summed E-state index contributed by atoms with van der Waals surface area (Å²) in [7, 11) is 0. The maximum atomic E-state index is 9.15. The summed E-state index contributed by atoms with van der Waals surface area (Å²) in [5, 5.41) is 9.15. The smallest absolute Gasteiger partial charge is 0.127 e. The largest absolute Gasteiger partial charge is 0.508 e. The van der Waals surface area contributed by atoms with Crippen molar-refractivity contribution in [3.63, 3.8) is 0 Å². The van der Waals surface area contributed by atoms with Crippen LogP contribution in [-0.2, 0) is 6.42 Å². The van der Waals surface area contributed by atoms with E-state index in [2.05, 4.69) is 13.0 Å². The van der Waals surface area contributed by atoms with Gasteiger partial charge in [-0.1, -0.05) is 19.1 Å². The highest BCUT2D eigenvalue weighted by molar-refractivity contribution is 5.36. The van der Waals surface area contributed by atoms with Gasteiger partial charge in [0, 0.05) is 0 Å². The number of aryl methyl sites for hydroxylation is 1. The van der Waals surface area contributed by atoms with E-state index in [0.29, 0.717) is 0 Å². The van der Waals surface area contributed by atoms with Crippen LogP contribution < -0.4 is 4.74 Å². The lowest BCUT2D eigenvalue weighted by Crippen LogP contribution is -1.85. The van der Waals surface area contributed by atoms with Crippen LogP contribution in [0.2, 0.25) is 0 Å². The summed E-state index contributed by atoms with van der Waals surface area (Å²) in [4.78, 5) is 0. The molecular weight excluding hydrogens is 200 g/mol. The molecule has 0 saturated carbocycles. The molecule has 82 valence electrons. The van der Waals surface area contributed by atoms with Gasteiger partial charge in [0.05, 0.1) is 0 Å². The fraction of sp³-hybridized carbons (Fsp3) is 0.143. The Hall–Kier alpha value is -1.96. The summed E-state index contributed by atoms with van der Waals surface area (Å²) in [6.45, 7) is 2.11. The van der Waals surface area contributed by atoms with E-state index in [9.17, 15) is 0 Å². The van der Waals surface area contributed by atoms with E-state index in [-0.39, 0.29) is 5.75 Å². The summed E-state index contributed by atoms with van der Waals surface area (Å²) < 4.78 is 5.66. The van der Waals surface area contributed by atoms with Gasteiger partial charge < -0.3 is 9.84 Å². The van der Waals surface area contributed by atoms with Crippen molar-refractivity contribution in [2.24, 2.45) is 0 Å². The minimum atomic E-state index is 0.245. The number of phenols is 1. The van der Waals surface area contributed by atoms with Crippen LogP contribution >= 0.6 is 0 Å². The number of aromatic hydroxyl groups is 1. The first-order valence-corrected chi connectivity index (χ1v) is 5.34. The molecule has 0 aromatic heterocycles. The standard InChI is InChI=1S/C14H14O2/c1-2-11-4-3-5-14(10-11)16-13-8-6-12(15)7-9-13/h3-10,15H,2H2,1H3. The normalized spacial score (nSPS) is 10.1. The van der Waals surface area contributed by atoms with Crippen LogP contribution in [0.3, 0.4) is 0 Å². The molecule has 2 aromatic carbocycles. The summed E-state index contributed by atoms with van der Waals surface area (Å²) in [6.07, 6.45) is 0.993. The molecule has 0 aliphatic carbocycles. The van der Waals surface area contributed by atoms with Crippen LogP contribution in [-0.4, -0.2) is 5.11 Å². The highest BCUT2D eigenvalue weighted by atomic mass is 16.5. The third-order valence-electron chi connectivity index (χ3n) is 2.38. The molecule has 2 heteroatoms. The van der Waals surface area contributed by atoms with Crippen LogP contribution in [0.5, 0.6) is 17.2 Å². The van der Waals surface area contributed by atoms with Gasteiger partial charge in [0.1, 0.15) is 17.2 Å². The van der Waals surface area contributed by atoms with Gasteiger partial charge in [-0.15, -0.1) is 0 Å². The minimum absolute atomic E-state index is 0.245. The molecule has 0 aliphatic rings. The Morgan fingerprint density at radius 2 is 1.75 bits per heavy atom. The Labute approximate surface area is 95.1 Å². The van der Waals surface area contributed by atoms with Crippen molar-refractivity contribution in [2.45, 2.75) is 13.3 Å². The third kappa shape index (κ3) is 2.54. The zero-order valence-electron chi connectivity index (χ0n) is 9.18. The molecular formula is C14H14O2. The summed E-state index contributed by atoms with van der Waals surface area (Å²) in [5.74, 6) is 1.80. The third-order valence-corrected chi connectivity index (χ3v) is 2.38.